The molecular formula is C15H16N6O3. The number of nitrogens with zero attached hydrogens (tertiary/aromatic N) is 5. The number of hydrogen-bond donors (Lipinski definition) is 1. The molecule has 3 aromatic heterocycles. The van der Waals surface area contributed by atoms with Gasteiger partial charge in [-0.05, 0) is 35.4 Å². The van der Waals surface area contributed by atoms with Gasteiger partial charge in [0.15, 0.2) is 11.6 Å². The van der Waals surface area contributed by atoms with Gasteiger partial charge >= 0.3 is 0 Å². The lowest BCUT2D eigenvalue weighted by molar-refractivity contribution is -0.123. The Balaban J connectivity index is 1.42. The minimum Gasteiger partial charge on any atom is -0.461 e. The van der Waals surface area contributed by atoms with Gasteiger partial charge in [0.05, 0.1) is 18.7 Å². The molecule has 4 rings (SSSR count). The van der Waals surface area contributed by atoms with E-state index in [4.69, 9.17) is 8.94 Å². The summed E-state index contributed by atoms with van der Waals surface area (Å²) < 4.78 is 12.2. The zero-order valence-corrected chi connectivity index (χ0v) is 12.9. The van der Waals surface area contributed by atoms with Gasteiger partial charge in [0.1, 0.15) is 5.69 Å². The lowest BCUT2D eigenvalue weighted by Crippen LogP contribution is -2.30. The molecule has 0 aliphatic carbocycles. The first-order chi connectivity index (χ1) is 11.8. The van der Waals surface area contributed by atoms with Crippen LogP contribution < -0.4 is 5.32 Å². The van der Waals surface area contributed by atoms with Crippen molar-refractivity contribution in [3.8, 4) is 11.5 Å². The number of carbonyl (C=O) groups is 1. The molecule has 0 spiro atoms. The first-order valence-corrected chi connectivity index (χ1v) is 7.84. The van der Waals surface area contributed by atoms with E-state index in [0.717, 1.165) is 25.8 Å². The maximum absolute atomic E-state index is 12.5. The molecule has 0 unspecified atom stereocenters. The van der Waals surface area contributed by atoms with Crippen LogP contribution in [0.3, 0.4) is 0 Å². The van der Waals surface area contributed by atoms with E-state index < -0.39 is 0 Å². The maximum Gasteiger partial charge on any atom is 0.231 e. The molecule has 0 radical (unpaired) electrons. The van der Waals surface area contributed by atoms with E-state index >= 15 is 0 Å². The number of nitrogens with one attached hydrogen (secondary N) is 1. The molecule has 9 nitrogen and oxygen atoms in total. The van der Waals surface area contributed by atoms with Crippen LogP contribution in [-0.2, 0) is 17.9 Å². The second-order valence-electron chi connectivity index (χ2n) is 5.69. The van der Waals surface area contributed by atoms with E-state index in [0.29, 0.717) is 23.0 Å². The Hall–Kier alpha value is -2.97. The summed E-state index contributed by atoms with van der Waals surface area (Å²) >= 11 is 0. The predicted molar refractivity (Wildman–Crippen MR) is 80.5 cm³/mol. The zero-order valence-electron chi connectivity index (χ0n) is 12.9. The van der Waals surface area contributed by atoms with Gasteiger partial charge in [-0.2, -0.15) is 0 Å². The fourth-order valence-corrected chi connectivity index (χ4v) is 2.84. The largest absolute Gasteiger partial charge is 0.461 e. The van der Waals surface area contributed by atoms with Crippen molar-refractivity contribution in [3.63, 3.8) is 0 Å². The van der Waals surface area contributed by atoms with E-state index in [1.165, 1.54) is 0 Å². The van der Waals surface area contributed by atoms with Gasteiger partial charge < -0.3 is 14.3 Å². The molecule has 1 amide bonds. The first kappa shape index (κ1) is 14.6. The number of furan rings is 1. The molecule has 24 heavy (non-hydrogen) atoms. The van der Waals surface area contributed by atoms with Gasteiger partial charge in [0, 0.05) is 12.6 Å². The van der Waals surface area contributed by atoms with E-state index in [1.807, 2.05) is 0 Å². The highest BCUT2D eigenvalue weighted by molar-refractivity contribution is 5.82. The summed E-state index contributed by atoms with van der Waals surface area (Å²) in [6.45, 7) is 1.03. The Labute approximate surface area is 137 Å². The molecule has 0 saturated heterocycles. The third kappa shape index (κ3) is 2.80. The fourth-order valence-electron chi connectivity index (χ4n) is 2.84. The van der Waals surface area contributed by atoms with Gasteiger partial charge in [-0.3, -0.25) is 4.79 Å². The number of carbonyl (C=O) groups excluding carboxylic acids is 1. The molecule has 1 aliphatic heterocycles. The summed E-state index contributed by atoms with van der Waals surface area (Å²) in [5.41, 5.74) is 0.628. The van der Waals surface area contributed by atoms with Crippen molar-refractivity contribution in [2.24, 2.45) is 0 Å². The predicted octanol–water partition coefficient (Wildman–Crippen LogP) is 1.50. The normalized spacial score (nSPS) is 17.2. The molecule has 124 valence electrons. The summed E-state index contributed by atoms with van der Waals surface area (Å²) in [7, 11) is 0. The Morgan fingerprint density at radius 1 is 1.38 bits per heavy atom. The topological polar surface area (TPSA) is 112 Å². The number of aromatic nitrogens is 5. The lowest BCUT2D eigenvalue weighted by atomic mass is 10.0. The van der Waals surface area contributed by atoms with Gasteiger partial charge in [-0.1, -0.05) is 11.6 Å². The Bertz CT molecular complexity index is 822. The summed E-state index contributed by atoms with van der Waals surface area (Å²) in [5.74, 6) is 1.32. The van der Waals surface area contributed by atoms with Crippen LogP contribution in [0.15, 0.2) is 33.4 Å². The van der Waals surface area contributed by atoms with Crippen molar-refractivity contribution in [2.45, 2.75) is 38.3 Å². The number of hydrogen-bond acceptors (Lipinski definition) is 7. The molecule has 0 aromatic carbocycles. The van der Waals surface area contributed by atoms with Gasteiger partial charge in [0.25, 0.3) is 0 Å². The summed E-state index contributed by atoms with van der Waals surface area (Å²) in [4.78, 5) is 12.5. The molecule has 0 saturated carbocycles. The molecule has 1 aliphatic rings. The molecule has 1 N–H and O–H groups in total. The molecule has 0 bridgehead atoms. The third-order valence-corrected chi connectivity index (χ3v) is 4.07. The van der Waals surface area contributed by atoms with Crippen LogP contribution in [0.5, 0.6) is 0 Å². The molecular weight excluding hydrogens is 312 g/mol. The minimum absolute atomic E-state index is 0.101. The number of rotatable bonds is 4. The Morgan fingerprint density at radius 3 is 3.21 bits per heavy atom. The van der Waals surface area contributed by atoms with Crippen LogP contribution in [0.2, 0.25) is 0 Å². The molecule has 3 aromatic rings. The number of amides is 1. The summed E-state index contributed by atoms with van der Waals surface area (Å²) in [6, 6.07) is 5.31. The number of tetrazole rings is 1. The van der Waals surface area contributed by atoms with E-state index in [2.05, 4.69) is 26.0 Å². The summed E-state index contributed by atoms with van der Waals surface area (Å²) in [6.07, 6.45) is 4.23. The second kappa shape index (κ2) is 6.26. The molecule has 9 heteroatoms. The summed E-state index contributed by atoms with van der Waals surface area (Å²) in [5, 5.41) is 18.4. The van der Waals surface area contributed by atoms with Crippen LogP contribution in [0.1, 0.15) is 36.7 Å². The zero-order chi connectivity index (χ0) is 16.4. The minimum atomic E-state index is -0.334. The highest BCUT2D eigenvalue weighted by Crippen LogP contribution is 2.24. The van der Waals surface area contributed by atoms with Crippen molar-refractivity contribution >= 4 is 5.91 Å². The molecule has 1 atom stereocenters. The maximum atomic E-state index is 12.5. The van der Waals surface area contributed by atoms with Gasteiger partial charge in [-0.25, -0.2) is 4.68 Å². The van der Waals surface area contributed by atoms with Crippen molar-refractivity contribution < 1.29 is 13.7 Å². The SMILES string of the molecule is O=C(NCc1cc(-c2ccco2)on1)[C@@H]1CCCCn2nnnc21. The monoisotopic (exact) mass is 328 g/mol. The van der Waals surface area contributed by atoms with Crippen molar-refractivity contribution in [2.75, 3.05) is 0 Å². The first-order valence-electron chi connectivity index (χ1n) is 7.84. The standard InChI is InChI=1S/C15H16N6O3/c22-15(11-4-1-2-6-21-14(11)17-19-20-21)16-9-10-8-13(24-18-10)12-5-3-7-23-12/h3,5,7-8,11H,1-2,4,6,9H2,(H,16,22)/t11-/m1/s1. The van der Waals surface area contributed by atoms with E-state index in [-0.39, 0.29) is 18.4 Å². The smallest absolute Gasteiger partial charge is 0.231 e. The van der Waals surface area contributed by atoms with E-state index in [9.17, 15) is 4.79 Å². The van der Waals surface area contributed by atoms with Crippen LogP contribution >= 0.6 is 0 Å². The van der Waals surface area contributed by atoms with Crippen LogP contribution in [0.25, 0.3) is 11.5 Å². The quantitative estimate of drug-likeness (QED) is 0.772. The average Bonchev–Trinajstić information content (AvgIpc) is 3.32. The molecule has 4 heterocycles. The van der Waals surface area contributed by atoms with Gasteiger partial charge in [-0.15, -0.1) is 5.10 Å². The number of aryl methyl sites for hydroxylation is 1. The molecule has 0 fully saturated rings. The van der Waals surface area contributed by atoms with Crippen LogP contribution in [0.4, 0.5) is 0 Å². The highest BCUT2D eigenvalue weighted by atomic mass is 16.5. The average molecular weight is 328 g/mol. The second-order valence-corrected chi connectivity index (χ2v) is 5.69. The highest BCUT2D eigenvalue weighted by Gasteiger charge is 2.28. The van der Waals surface area contributed by atoms with Crippen LogP contribution in [-0.4, -0.2) is 31.3 Å². The van der Waals surface area contributed by atoms with Crippen molar-refractivity contribution in [3.05, 3.63) is 36.0 Å². The Morgan fingerprint density at radius 2 is 2.33 bits per heavy atom. The Kier molecular flexibility index (Phi) is 3.81. The van der Waals surface area contributed by atoms with Crippen LogP contribution in [0, 0.1) is 0 Å². The number of fused-ring (bicyclic) bond motifs is 1. The van der Waals surface area contributed by atoms with Gasteiger partial charge in [0.2, 0.25) is 11.7 Å². The van der Waals surface area contributed by atoms with Crippen molar-refractivity contribution in [1.29, 1.82) is 0 Å². The lowest BCUT2D eigenvalue weighted by Gasteiger charge is -2.12. The van der Waals surface area contributed by atoms with Crippen molar-refractivity contribution in [1.82, 2.24) is 30.7 Å². The third-order valence-electron chi connectivity index (χ3n) is 4.07. The van der Waals surface area contributed by atoms with E-state index in [1.54, 1.807) is 29.1 Å². The fraction of sp³-hybridized carbons (Fsp3) is 0.400.